The highest BCUT2D eigenvalue weighted by Gasteiger charge is 2.22. The molecule has 3 N–H and O–H groups in total. The van der Waals surface area contributed by atoms with E-state index in [0.29, 0.717) is 12.1 Å². The molecule has 4 nitrogen and oxygen atoms in total. The Balaban J connectivity index is 2.77. The third-order valence-electron chi connectivity index (χ3n) is 3.56. The van der Waals surface area contributed by atoms with Crippen LogP contribution in [0.2, 0.25) is 0 Å². The van der Waals surface area contributed by atoms with E-state index in [1.165, 1.54) is 0 Å². The van der Waals surface area contributed by atoms with Crippen LogP contribution in [0.25, 0.3) is 11.1 Å². The minimum atomic E-state index is -0.114. The Hall–Kier alpha value is -2.07. The molecule has 0 unspecified atom stereocenters. The summed E-state index contributed by atoms with van der Waals surface area (Å²) in [6.07, 6.45) is 1.63. The fourth-order valence-corrected chi connectivity index (χ4v) is 2.43. The van der Waals surface area contributed by atoms with Gasteiger partial charge < -0.3 is 15.5 Å². The number of rotatable bonds is 3. The summed E-state index contributed by atoms with van der Waals surface area (Å²) in [5, 5.41) is 0. The molecule has 0 amide bonds. The first kappa shape index (κ1) is 15.3. The van der Waals surface area contributed by atoms with Gasteiger partial charge in [0.15, 0.2) is 0 Å². The van der Waals surface area contributed by atoms with Crippen LogP contribution in [0.1, 0.15) is 31.9 Å². The van der Waals surface area contributed by atoms with E-state index < -0.39 is 0 Å². The number of hydrogen-bond acceptors (Lipinski definition) is 3. The third kappa shape index (κ3) is 3.00. The molecule has 0 aliphatic rings. The molecular weight excluding hydrogens is 264 g/mol. The fraction of sp³-hybridized carbons (Fsp3) is 0.353. The van der Waals surface area contributed by atoms with Crippen LogP contribution in [0.4, 0.5) is 0 Å². The molecule has 4 heteroatoms. The number of benzene rings is 1. The highest BCUT2D eigenvalue weighted by molar-refractivity contribution is 5.69. The SMILES string of the molecule is COc1cc(CN)c(-c2ccc[nH]c2=O)cc1C(C)(C)C. The van der Waals surface area contributed by atoms with Gasteiger partial charge in [0.05, 0.1) is 7.11 Å². The molecule has 0 fully saturated rings. The van der Waals surface area contributed by atoms with Gasteiger partial charge in [-0.1, -0.05) is 20.8 Å². The predicted octanol–water partition coefficient (Wildman–Crippen LogP) is 2.81. The van der Waals surface area contributed by atoms with Crippen LogP contribution in [0.15, 0.2) is 35.3 Å². The second kappa shape index (κ2) is 5.74. The summed E-state index contributed by atoms with van der Waals surface area (Å²) < 4.78 is 5.49. The fourth-order valence-electron chi connectivity index (χ4n) is 2.43. The van der Waals surface area contributed by atoms with Crippen molar-refractivity contribution in [2.45, 2.75) is 32.7 Å². The van der Waals surface area contributed by atoms with Crippen LogP contribution in [0.3, 0.4) is 0 Å². The molecule has 1 aromatic heterocycles. The first-order valence-electron chi connectivity index (χ1n) is 6.98. The Morgan fingerprint density at radius 3 is 2.48 bits per heavy atom. The number of nitrogens with one attached hydrogen (secondary N) is 1. The second-order valence-corrected chi connectivity index (χ2v) is 6.08. The highest BCUT2D eigenvalue weighted by Crippen LogP contribution is 2.36. The quantitative estimate of drug-likeness (QED) is 0.911. The Kier molecular flexibility index (Phi) is 4.19. The minimum Gasteiger partial charge on any atom is -0.496 e. The number of pyridine rings is 1. The van der Waals surface area contributed by atoms with E-state index in [-0.39, 0.29) is 11.0 Å². The lowest BCUT2D eigenvalue weighted by Gasteiger charge is -2.24. The van der Waals surface area contributed by atoms with Crippen LogP contribution in [0, 0.1) is 0 Å². The number of ether oxygens (including phenoxy) is 1. The van der Waals surface area contributed by atoms with Crippen LogP contribution < -0.4 is 16.0 Å². The summed E-state index contributed by atoms with van der Waals surface area (Å²) in [4.78, 5) is 14.8. The maximum atomic E-state index is 12.1. The number of hydrogen-bond donors (Lipinski definition) is 2. The molecule has 0 saturated carbocycles. The topological polar surface area (TPSA) is 68.1 Å². The Morgan fingerprint density at radius 2 is 1.95 bits per heavy atom. The van der Waals surface area contributed by atoms with Crippen LogP contribution >= 0.6 is 0 Å². The Labute approximate surface area is 125 Å². The van der Waals surface area contributed by atoms with Crippen LogP contribution in [-0.2, 0) is 12.0 Å². The molecule has 0 radical (unpaired) electrons. The smallest absolute Gasteiger partial charge is 0.255 e. The van der Waals surface area contributed by atoms with Gasteiger partial charge in [0.1, 0.15) is 5.75 Å². The molecule has 0 spiro atoms. The summed E-state index contributed by atoms with van der Waals surface area (Å²) in [6, 6.07) is 7.58. The zero-order valence-corrected chi connectivity index (χ0v) is 13.0. The zero-order chi connectivity index (χ0) is 15.6. The van der Waals surface area contributed by atoms with Gasteiger partial charge in [-0.3, -0.25) is 4.79 Å². The maximum Gasteiger partial charge on any atom is 0.255 e. The first-order valence-corrected chi connectivity index (χ1v) is 6.98. The van der Waals surface area contributed by atoms with Gasteiger partial charge in [-0.2, -0.15) is 0 Å². The number of aromatic nitrogens is 1. The van der Waals surface area contributed by atoms with Crippen molar-refractivity contribution in [3.05, 3.63) is 51.9 Å². The maximum absolute atomic E-state index is 12.1. The lowest BCUT2D eigenvalue weighted by molar-refractivity contribution is 0.397. The second-order valence-electron chi connectivity index (χ2n) is 6.08. The lowest BCUT2D eigenvalue weighted by Crippen LogP contribution is -2.16. The van der Waals surface area contributed by atoms with E-state index in [4.69, 9.17) is 10.5 Å². The van der Waals surface area contributed by atoms with Crippen LogP contribution in [0.5, 0.6) is 5.75 Å². The molecule has 1 heterocycles. The average molecular weight is 286 g/mol. The van der Waals surface area contributed by atoms with E-state index in [1.807, 2.05) is 24.3 Å². The number of aromatic amines is 1. The van der Waals surface area contributed by atoms with Crippen molar-refractivity contribution in [3.63, 3.8) is 0 Å². The van der Waals surface area contributed by atoms with Gasteiger partial charge >= 0.3 is 0 Å². The van der Waals surface area contributed by atoms with E-state index in [0.717, 1.165) is 22.4 Å². The van der Waals surface area contributed by atoms with Gasteiger partial charge in [-0.15, -0.1) is 0 Å². The molecular formula is C17H22N2O2. The van der Waals surface area contributed by atoms with Crippen molar-refractivity contribution in [2.24, 2.45) is 5.73 Å². The summed E-state index contributed by atoms with van der Waals surface area (Å²) >= 11 is 0. The molecule has 0 aliphatic carbocycles. The number of methoxy groups -OCH3 is 1. The van der Waals surface area contributed by atoms with E-state index in [2.05, 4.69) is 25.8 Å². The molecule has 2 rings (SSSR count). The molecule has 112 valence electrons. The number of H-pyrrole nitrogens is 1. The predicted molar refractivity (Wildman–Crippen MR) is 85.6 cm³/mol. The largest absolute Gasteiger partial charge is 0.496 e. The van der Waals surface area contributed by atoms with Gasteiger partial charge in [-0.25, -0.2) is 0 Å². The highest BCUT2D eigenvalue weighted by atomic mass is 16.5. The van der Waals surface area contributed by atoms with E-state index in [9.17, 15) is 4.79 Å². The molecule has 0 atom stereocenters. The normalized spacial score (nSPS) is 11.5. The van der Waals surface area contributed by atoms with E-state index in [1.54, 1.807) is 13.3 Å². The summed E-state index contributed by atoms with van der Waals surface area (Å²) in [5.41, 5.74) is 9.10. The summed E-state index contributed by atoms with van der Waals surface area (Å²) in [6.45, 7) is 6.70. The van der Waals surface area contributed by atoms with Gasteiger partial charge in [-0.05, 0) is 40.8 Å². The van der Waals surface area contributed by atoms with Gasteiger partial charge in [0, 0.05) is 23.9 Å². The standard InChI is InChI=1S/C17H22N2O2/c1-17(2,3)14-9-13(11(10-18)8-15(14)21-4)12-6-5-7-19-16(12)20/h5-9H,10,18H2,1-4H3,(H,19,20). The van der Waals surface area contributed by atoms with Crippen molar-refractivity contribution in [1.82, 2.24) is 4.98 Å². The minimum absolute atomic E-state index is 0.0885. The molecule has 0 bridgehead atoms. The van der Waals surface area contributed by atoms with Gasteiger partial charge in [0.2, 0.25) is 0 Å². The Bertz CT molecular complexity index is 697. The molecule has 0 aliphatic heterocycles. The van der Waals surface area contributed by atoms with Crippen molar-refractivity contribution in [2.75, 3.05) is 7.11 Å². The van der Waals surface area contributed by atoms with Gasteiger partial charge in [0.25, 0.3) is 5.56 Å². The van der Waals surface area contributed by atoms with Crippen molar-refractivity contribution in [1.29, 1.82) is 0 Å². The molecule has 1 aromatic carbocycles. The Morgan fingerprint density at radius 1 is 1.24 bits per heavy atom. The van der Waals surface area contributed by atoms with Crippen LogP contribution in [-0.4, -0.2) is 12.1 Å². The summed E-state index contributed by atoms with van der Waals surface area (Å²) in [5.74, 6) is 0.805. The van der Waals surface area contributed by atoms with Crippen molar-refractivity contribution >= 4 is 0 Å². The number of nitrogens with two attached hydrogens (primary N) is 1. The van der Waals surface area contributed by atoms with Crippen molar-refractivity contribution < 1.29 is 4.74 Å². The molecule has 21 heavy (non-hydrogen) atoms. The molecule has 2 aromatic rings. The lowest BCUT2D eigenvalue weighted by atomic mass is 9.83. The summed E-state index contributed by atoms with van der Waals surface area (Å²) in [7, 11) is 1.65. The monoisotopic (exact) mass is 286 g/mol. The zero-order valence-electron chi connectivity index (χ0n) is 13.0. The van der Waals surface area contributed by atoms with E-state index >= 15 is 0 Å². The third-order valence-corrected chi connectivity index (χ3v) is 3.56. The molecule has 0 saturated heterocycles. The first-order chi connectivity index (χ1) is 9.88. The van der Waals surface area contributed by atoms with Crippen molar-refractivity contribution in [3.8, 4) is 16.9 Å². The average Bonchev–Trinajstić information content (AvgIpc) is 2.45.